The number of carbonyl (C=O) groups is 2. The summed E-state index contributed by atoms with van der Waals surface area (Å²) in [4.78, 5) is 26.0. The number of hydrogen-bond acceptors (Lipinski definition) is 14. The van der Waals surface area contributed by atoms with E-state index in [-0.39, 0.29) is 55.4 Å². The zero-order valence-electron chi connectivity index (χ0n) is 30.2. The number of benzene rings is 3. The molecule has 8 rings (SSSR count). The number of hydrogen-bond donors (Lipinski definition) is 3. The number of phenolic OH excluding ortho intramolecular Hbond substituents is 1. The van der Waals surface area contributed by atoms with E-state index in [1.54, 1.807) is 12.1 Å². The number of rotatable bonds is 11. The minimum Gasteiger partial charge on any atom is -0.502 e. The van der Waals surface area contributed by atoms with Crippen LogP contribution < -0.4 is 29.6 Å². The highest BCUT2D eigenvalue weighted by atomic mass is 16.7. The van der Waals surface area contributed by atoms with E-state index in [4.69, 9.17) is 47.4 Å². The monoisotopic (exact) mass is 748 g/mol. The van der Waals surface area contributed by atoms with E-state index >= 15 is 0 Å². The van der Waals surface area contributed by atoms with Gasteiger partial charge >= 0.3 is 12.1 Å². The van der Waals surface area contributed by atoms with Crippen LogP contribution >= 0.6 is 0 Å². The number of esters is 1. The third-order valence-electron chi connectivity index (χ3n) is 10.7. The summed E-state index contributed by atoms with van der Waals surface area (Å²) in [5.41, 5.74) is 3.18. The van der Waals surface area contributed by atoms with Crippen LogP contribution in [0.1, 0.15) is 47.6 Å². The summed E-state index contributed by atoms with van der Waals surface area (Å²) >= 11 is 0. The topological polar surface area (TPSA) is 171 Å². The summed E-state index contributed by atoms with van der Waals surface area (Å²) in [6.07, 6.45) is -2.65. The molecule has 1 amide bonds. The van der Waals surface area contributed by atoms with E-state index in [0.29, 0.717) is 43.2 Å². The van der Waals surface area contributed by atoms with Crippen LogP contribution in [0.3, 0.4) is 0 Å². The zero-order chi connectivity index (χ0) is 37.3. The van der Waals surface area contributed by atoms with Crippen molar-refractivity contribution in [1.29, 1.82) is 0 Å². The molecule has 3 aromatic carbocycles. The lowest BCUT2D eigenvalue weighted by Crippen LogP contribution is -2.61. The number of methoxy groups -OCH3 is 2. The molecule has 15 nitrogen and oxygen atoms in total. The molecule has 288 valence electrons. The second-order valence-electron chi connectivity index (χ2n) is 13.9. The van der Waals surface area contributed by atoms with Crippen molar-refractivity contribution in [1.82, 2.24) is 10.6 Å². The molecule has 1 aliphatic carbocycles. The molecule has 3 fully saturated rings. The number of cyclic esters (lactones) is 1. The van der Waals surface area contributed by atoms with Gasteiger partial charge in [-0.2, -0.15) is 0 Å². The summed E-state index contributed by atoms with van der Waals surface area (Å²) in [6.45, 7) is 3.26. The molecule has 15 heteroatoms. The van der Waals surface area contributed by atoms with Crippen LogP contribution in [0.5, 0.6) is 28.7 Å². The average Bonchev–Trinajstić information content (AvgIpc) is 3.81. The van der Waals surface area contributed by atoms with E-state index < -0.39 is 48.6 Å². The fraction of sp³-hybridized carbons (Fsp3) is 0.487. The summed E-state index contributed by atoms with van der Waals surface area (Å²) in [5.74, 6) is -0.550. The number of aromatic hydroxyl groups is 1. The van der Waals surface area contributed by atoms with Crippen LogP contribution in [-0.4, -0.2) is 95.3 Å². The van der Waals surface area contributed by atoms with Gasteiger partial charge in [-0.3, -0.25) is 4.79 Å². The maximum Gasteiger partial charge on any atom is 0.407 e. The van der Waals surface area contributed by atoms with Crippen LogP contribution in [0.15, 0.2) is 54.6 Å². The molecule has 0 radical (unpaired) electrons. The second-order valence-corrected chi connectivity index (χ2v) is 13.9. The molecule has 9 atom stereocenters. The third kappa shape index (κ3) is 7.09. The number of fused-ring (bicyclic) bond motifs is 4. The van der Waals surface area contributed by atoms with E-state index in [2.05, 4.69) is 10.6 Å². The van der Waals surface area contributed by atoms with E-state index in [1.807, 2.05) is 49.4 Å². The number of nitrogens with one attached hydrogen (secondary N) is 2. The molecule has 0 aromatic heterocycles. The number of amides is 1. The van der Waals surface area contributed by atoms with Crippen LogP contribution in [0.4, 0.5) is 4.79 Å². The molecule has 5 aliphatic rings. The van der Waals surface area contributed by atoms with Crippen molar-refractivity contribution in [3.63, 3.8) is 0 Å². The van der Waals surface area contributed by atoms with Crippen LogP contribution in [-0.2, 0) is 39.8 Å². The fourth-order valence-electron chi connectivity index (χ4n) is 8.16. The van der Waals surface area contributed by atoms with E-state index in [1.165, 1.54) is 14.2 Å². The molecule has 4 heterocycles. The number of alkyl carbamates (subject to hydrolysis) is 1. The molecule has 3 saturated heterocycles. The zero-order valence-corrected chi connectivity index (χ0v) is 30.2. The van der Waals surface area contributed by atoms with Crippen molar-refractivity contribution in [3.8, 4) is 28.7 Å². The Morgan fingerprint density at radius 1 is 0.926 bits per heavy atom. The molecule has 3 N–H and O–H groups in total. The van der Waals surface area contributed by atoms with Gasteiger partial charge in [-0.15, -0.1) is 0 Å². The second kappa shape index (κ2) is 15.5. The lowest BCUT2D eigenvalue weighted by Gasteiger charge is -2.47. The van der Waals surface area contributed by atoms with Gasteiger partial charge in [0.2, 0.25) is 12.5 Å². The Morgan fingerprint density at radius 3 is 2.41 bits per heavy atom. The Morgan fingerprint density at radius 2 is 1.67 bits per heavy atom. The van der Waals surface area contributed by atoms with Gasteiger partial charge < -0.3 is 63.1 Å². The van der Waals surface area contributed by atoms with Crippen LogP contribution in [0, 0.1) is 11.8 Å². The normalized spacial score (nSPS) is 29.3. The summed E-state index contributed by atoms with van der Waals surface area (Å²) in [5, 5.41) is 17.0. The first kappa shape index (κ1) is 36.2. The molecule has 0 spiro atoms. The van der Waals surface area contributed by atoms with Gasteiger partial charge in [0.1, 0.15) is 18.8 Å². The van der Waals surface area contributed by atoms with Crippen molar-refractivity contribution in [2.24, 2.45) is 11.8 Å². The number of carbonyl (C=O) groups excluding carboxylic acids is 2. The summed E-state index contributed by atoms with van der Waals surface area (Å²) < 4.78 is 59.1. The highest BCUT2D eigenvalue weighted by Gasteiger charge is 2.54. The standard InChI is InChI=1S/C39H44N2O13/c1-20-47-18-31-37(52-20)26(40-9-10-41-39(44)49-16-21-7-5-4-6-8-21)15-32(53-31)54-36-24-14-28-27(50-19-51-28)13-23(24)33(34-25(36)17-48-38(34)43)22-11-29(45-2)35(42)30(12-22)46-3/h4-8,11-14,20,25-26,31-34,36-37,40,42H,9-10,15-19H2,1-3H3,(H,41,44)/t20-,25+,26+,31-,32+,33-,34+,36-,37+/m1/s1. The van der Waals surface area contributed by atoms with E-state index in [9.17, 15) is 14.7 Å². The first-order chi connectivity index (χ1) is 26.3. The molecular weight excluding hydrogens is 704 g/mol. The Bertz CT molecular complexity index is 1820. The Balaban J connectivity index is 1.03. The van der Waals surface area contributed by atoms with Crippen molar-refractivity contribution in [2.45, 2.75) is 62.8 Å². The Kier molecular flexibility index (Phi) is 10.4. The molecular formula is C39H44N2O13. The Labute approximate surface area is 312 Å². The molecule has 0 unspecified atom stereocenters. The molecule has 0 bridgehead atoms. The molecule has 3 aromatic rings. The largest absolute Gasteiger partial charge is 0.502 e. The molecule has 0 saturated carbocycles. The van der Waals surface area contributed by atoms with Gasteiger partial charge in [0.25, 0.3) is 0 Å². The number of ether oxygens (including phenoxy) is 10. The minimum atomic E-state index is -0.724. The van der Waals surface area contributed by atoms with Crippen LogP contribution in [0.2, 0.25) is 0 Å². The van der Waals surface area contributed by atoms with Gasteiger partial charge in [-0.25, -0.2) is 4.79 Å². The fourth-order valence-corrected chi connectivity index (χ4v) is 8.16. The maximum absolute atomic E-state index is 13.7. The minimum absolute atomic E-state index is 0.0599. The van der Waals surface area contributed by atoms with E-state index in [0.717, 1.165) is 16.7 Å². The maximum atomic E-state index is 13.7. The van der Waals surface area contributed by atoms with Crippen LogP contribution in [0.25, 0.3) is 0 Å². The highest BCUT2D eigenvalue weighted by Crippen LogP contribution is 2.57. The smallest absolute Gasteiger partial charge is 0.407 e. The van der Waals surface area contributed by atoms with Crippen molar-refractivity contribution >= 4 is 12.1 Å². The quantitative estimate of drug-likeness (QED) is 0.191. The molecule has 54 heavy (non-hydrogen) atoms. The summed E-state index contributed by atoms with van der Waals surface area (Å²) in [6, 6.07) is 16.5. The van der Waals surface area contributed by atoms with Gasteiger partial charge in [0, 0.05) is 37.4 Å². The van der Waals surface area contributed by atoms with Gasteiger partial charge in [0.15, 0.2) is 35.6 Å². The third-order valence-corrected chi connectivity index (χ3v) is 10.7. The van der Waals surface area contributed by atoms with Crippen molar-refractivity contribution < 1.29 is 62.1 Å². The predicted molar refractivity (Wildman–Crippen MR) is 187 cm³/mol. The molecule has 4 aliphatic heterocycles. The average molecular weight is 749 g/mol. The predicted octanol–water partition coefficient (Wildman–Crippen LogP) is 3.89. The Hall–Kier alpha value is -4.80. The van der Waals surface area contributed by atoms with Gasteiger partial charge in [0.05, 0.1) is 39.5 Å². The van der Waals surface area contributed by atoms with Gasteiger partial charge in [-0.1, -0.05) is 30.3 Å². The lowest BCUT2D eigenvalue weighted by atomic mass is 9.66. The lowest BCUT2D eigenvalue weighted by molar-refractivity contribution is -0.324. The highest BCUT2D eigenvalue weighted by molar-refractivity contribution is 5.79. The first-order valence-corrected chi connectivity index (χ1v) is 18.1. The van der Waals surface area contributed by atoms with Crippen molar-refractivity contribution in [2.75, 3.05) is 47.3 Å². The van der Waals surface area contributed by atoms with Gasteiger partial charge in [-0.05, 0) is 53.4 Å². The number of phenols is 1. The van der Waals surface area contributed by atoms with Crippen molar-refractivity contribution in [3.05, 3.63) is 76.9 Å². The first-order valence-electron chi connectivity index (χ1n) is 18.1. The SMILES string of the molecule is COc1cc([C@@H]2c3cc4c(cc3[C@@H](O[C@H]3C[C@H](NCCNC(=O)OCc5ccccc5)[C@@H]5O[C@H](C)OC[C@H]5O3)[C@H]3COC(=O)[C@H]23)OCO4)cc(OC)c1O. The summed E-state index contributed by atoms with van der Waals surface area (Å²) in [7, 11) is 2.92.